The van der Waals surface area contributed by atoms with E-state index in [-0.39, 0.29) is 11.5 Å². The number of nitrogen functional groups attached to an aromatic ring is 1. The van der Waals surface area contributed by atoms with Crippen molar-refractivity contribution < 1.29 is 9.32 Å². The average molecular weight is 507 g/mol. The Morgan fingerprint density at radius 3 is 2.86 bits per heavy atom. The van der Waals surface area contributed by atoms with E-state index in [1.807, 2.05) is 32.0 Å². The van der Waals surface area contributed by atoms with Gasteiger partial charge in [-0.25, -0.2) is 4.98 Å². The highest BCUT2D eigenvalue weighted by atomic mass is 32.1. The number of nitrogens with two attached hydrogens (primary N) is 1. The van der Waals surface area contributed by atoms with E-state index in [0.717, 1.165) is 66.7 Å². The molecule has 4 aromatic rings. The monoisotopic (exact) mass is 506 g/mol. The molecule has 0 bridgehead atoms. The summed E-state index contributed by atoms with van der Waals surface area (Å²) in [6.45, 7) is 6.37. The van der Waals surface area contributed by atoms with Gasteiger partial charge in [-0.1, -0.05) is 23.7 Å². The molecule has 0 fully saturated rings. The Balaban J connectivity index is 1.16. The van der Waals surface area contributed by atoms with Crippen molar-refractivity contribution in [1.82, 2.24) is 20.0 Å². The van der Waals surface area contributed by atoms with Gasteiger partial charge in [0, 0.05) is 24.4 Å². The summed E-state index contributed by atoms with van der Waals surface area (Å²) >= 11 is 1.60. The number of hydrogen-bond donors (Lipinski definition) is 3. The van der Waals surface area contributed by atoms with Crippen LogP contribution in [0.3, 0.4) is 0 Å². The van der Waals surface area contributed by atoms with Crippen molar-refractivity contribution in [2.75, 3.05) is 24.1 Å². The van der Waals surface area contributed by atoms with Crippen LogP contribution in [0.2, 0.25) is 0 Å². The van der Waals surface area contributed by atoms with Gasteiger partial charge in [-0.3, -0.25) is 14.5 Å². The maximum atomic E-state index is 13.0. The van der Waals surface area contributed by atoms with Crippen LogP contribution in [0.25, 0.3) is 21.6 Å². The summed E-state index contributed by atoms with van der Waals surface area (Å²) < 4.78 is 5.25. The first-order chi connectivity index (χ1) is 17.4. The molecule has 0 spiro atoms. The normalized spacial score (nSPS) is 13.7. The van der Waals surface area contributed by atoms with E-state index in [9.17, 15) is 9.59 Å². The number of nitrogens with one attached hydrogen (secondary N) is 2. The van der Waals surface area contributed by atoms with Gasteiger partial charge in [0.2, 0.25) is 5.91 Å². The van der Waals surface area contributed by atoms with Crippen molar-refractivity contribution in [3.63, 3.8) is 0 Å². The lowest BCUT2D eigenvalue weighted by atomic mass is 10.0. The Bertz CT molecular complexity index is 1450. The van der Waals surface area contributed by atoms with E-state index in [0.29, 0.717) is 35.1 Å². The maximum absolute atomic E-state index is 13.0. The molecule has 1 amide bonds. The quantitative estimate of drug-likeness (QED) is 0.239. The number of unbranched alkanes of at least 4 members (excludes halogenated alkanes) is 2. The first-order valence-electron chi connectivity index (χ1n) is 12.2. The highest BCUT2D eigenvalue weighted by molar-refractivity contribution is 7.18. The zero-order valence-corrected chi connectivity index (χ0v) is 21.3. The topological polar surface area (TPSA) is 130 Å². The lowest BCUT2D eigenvalue weighted by Crippen LogP contribution is -2.31. The van der Waals surface area contributed by atoms with E-state index < -0.39 is 0 Å². The zero-order chi connectivity index (χ0) is 25.2. The molecule has 1 aliphatic rings. The highest BCUT2D eigenvalue weighted by Crippen LogP contribution is 2.34. The molecule has 4 heterocycles. The Hall–Kier alpha value is -3.50. The van der Waals surface area contributed by atoms with Gasteiger partial charge in [-0.05, 0) is 57.4 Å². The minimum absolute atomic E-state index is 0.00512. The van der Waals surface area contributed by atoms with Gasteiger partial charge in [0.15, 0.2) is 0 Å². The van der Waals surface area contributed by atoms with Gasteiger partial charge >= 0.3 is 0 Å². The van der Waals surface area contributed by atoms with E-state index in [1.165, 1.54) is 4.88 Å². The summed E-state index contributed by atoms with van der Waals surface area (Å²) in [5.74, 6) is 1.15. The number of carbonyl (C=O) groups is 1. The number of benzene rings is 1. The summed E-state index contributed by atoms with van der Waals surface area (Å²) in [6, 6.07) is 7.29. The average Bonchev–Trinajstić information content (AvgIpc) is 3.38. The number of hydrogen-bond acceptors (Lipinski definition) is 8. The largest absolute Gasteiger partial charge is 0.397 e. The molecule has 0 unspecified atom stereocenters. The summed E-state index contributed by atoms with van der Waals surface area (Å²) in [6.07, 6.45) is 4.16. The van der Waals surface area contributed by atoms with Crippen LogP contribution in [0.15, 0.2) is 33.6 Å². The fourth-order valence-electron chi connectivity index (χ4n) is 4.81. The Labute approximate surface area is 212 Å². The van der Waals surface area contributed by atoms with Gasteiger partial charge in [-0.2, -0.15) is 0 Å². The van der Waals surface area contributed by atoms with E-state index in [2.05, 4.69) is 20.4 Å². The van der Waals surface area contributed by atoms with Crippen molar-refractivity contribution in [3.8, 4) is 11.4 Å². The Morgan fingerprint density at radius 2 is 2.08 bits per heavy atom. The molecule has 9 nitrogen and oxygen atoms in total. The molecule has 1 aliphatic heterocycles. The molecule has 36 heavy (non-hydrogen) atoms. The fourth-order valence-corrected chi connectivity index (χ4v) is 6.07. The number of amides is 1. The molecule has 0 atom stereocenters. The summed E-state index contributed by atoms with van der Waals surface area (Å²) in [7, 11) is 0. The SMILES string of the molecule is Cc1noc(C)c1-c1nc2sc3c(c2c(=O)[nH]1)CCN(CCCCCC(=O)Nc1ccccc1N)C3. The molecule has 0 aliphatic carbocycles. The second-order valence-electron chi connectivity index (χ2n) is 9.27. The molecule has 5 rings (SSSR count). The van der Waals surface area contributed by atoms with Crippen molar-refractivity contribution in [3.05, 3.63) is 56.5 Å². The van der Waals surface area contributed by atoms with Gasteiger partial charge in [-0.15, -0.1) is 11.3 Å². The van der Waals surface area contributed by atoms with Crippen LogP contribution in [0.5, 0.6) is 0 Å². The van der Waals surface area contributed by atoms with E-state index in [1.54, 1.807) is 17.4 Å². The van der Waals surface area contributed by atoms with E-state index >= 15 is 0 Å². The molecule has 3 aromatic heterocycles. The number of aryl methyl sites for hydroxylation is 2. The molecular formula is C26H30N6O3S. The van der Waals surface area contributed by atoms with Crippen LogP contribution >= 0.6 is 11.3 Å². The first kappa shape index (κ1) is 24.2. The number of fused-ring (bicyclic) bond motifs is 3. The highest BCUT2D eigenvalue weighted by Gasteiger charge is 2.24. The Morgan fingerprint density at radius 1 is 1.25 bits per heavy atom. The number of anilines is 2. The lowest BCUT2D eigenvalue weighted by Gasteiger charge is -2.26. The molecule has 0 saturated heterocycles. The van der Waals surface area contributed by atoms with Crippen LogP contribution in [-0.2, 0) is 17.8 Å². The predicted molar refractivity (Wildman–Crippen MR) is 142 cm³/mol. The van der Waals surface area contributed by atoms with Crippen LogP contribution in [0, 0.1) is 13.8 Å². The molecule has 0 saturated carbocycles. The second-order valence-corrected chi connectivity index (χ2v) is 10.4. The standard InChI is InChI=1S/C26H30N6O3S/c1-15-22(16(2)35-31-15)24-29-25(34)23-17-11-13-32(14-20(17)36-26(23)30-24)12-7-3-4-10-21(33)28-19-9-6-5-8-18(19)27/h5-6,8-9H,3-4,7,10-14,27H2,1-2H3,(H,28,33)(H,29,30,34). The van der Waals surface area contributed by atoms with Gasteiger partial charge in [0.1, 0.15) is 16.4 Å². The molecule has 0 radical (unpaired) electrons. The number of rotatable bonds is 8. The predicted octanol–water partition coefficient (Wildman–Crippen LogP) is 4.40. The Kier molecular flexibility index (Phi) is 6.88. The zero-order valence-electron chi connectivity index (χ0n) is 20.5. The first-order valence-corrected chi connectivity index (χ1v) is 13.1. The van der Waals surface area contributed by atoms with Crippen LogP contribution in [0.4, 0.5) is 11.4 Å². The minimum atomic E-state index is -0.100. The van der Waals surface area contributed by atoms with Crippen molar-refractivity contribution >= 4 is 38.8 Å². The molecule has 188 valence electrons. The van der Waals surface area contributed by atoms with Crippen LogP contribution in [0.1, 0.15) is 47.6 Å². The fraction of sp³-hybridized carbons (Fsp3) is 0.385. The van der Waals surface area contributed by atoms with Gasteiger partial charge in [0.25, 0.3) is 5.56 Å². The number of carbonyl (C=O) groups excluding carboxylic acids is 1. The lowest BCUT2D eigenvalue weighted by molar-refractivity contribution is -0.116. The third-order valence-corrected chi connectivity index (χ3v) is 7.78. The summed E-state index contributed by atoms with van der Waals surface area (Å²) in [5, 5.41) is 7.58. The summed E-state index contributed by atoms with van der Waals surface area (Å²) in [5.41, 5.74) is 9.62. The van der Waals surface area contributed by atoms with Gasteiger partial charge in [0.05, 0.1) is 28.0 Å². The number of thiophene rings is 1. The third kappa shape index (κ3) is 4.91. The second kappa shape index (κ2) is 10.2. The summed E-state index contributed by atoms with van der Waals surface area (Å²) in [4.78, 5) is 37.3. The van der Waals surface area contributed by atoms with Crippen molar-refractivity contribution in [1.29, 1.82) is 0 Å². The number of para-hydroxylation sites is 2. The number of nitrogens with zero attached hydrogens (tertiary/aromatic N) is 3. The van der Waals surface area contributed by atoms with Crippen LogP contribution in [-0.4, -0.2) is 39.0 Å². The molecule has 1 aromatic carbocycles. The van der Waals surface area contributed by atoms with E-state index in [4.69, 9.17) is 15.2 Å². The number of H-pyrrole nitrogens is 1. The third-order valence-electron chi connectivity index (χ3n) is 6.67. The maximum Gasteiger partial charge on any atom is 0.260 e. The molecule has 4 N–H and O–H groups in total. The molecule has 10 heteroatoms. The van der Waals surface area contributed by atoms with Crippen molar-refractivity contribution in [2.45, 2.75) is 52.5 Å². The van der Waals surface area contributed by atoms with Gasteiger partial charge < -0.3 is 20.6 Å². The number of aromatic amines is 1. The minimum Gasteiger partial charge on any atom is -0.397 e. The molecular weight excluding hydrogens is 476 g/mol. The van der Waals surface area contributed by atoms with Crippen molar-refractivity contribution in [2.24, 2.45) is 0 Å². The number of aromatic nitrogens is 3. The van der Waals surface area contributed by atoms with Crippen LogP contribution < -0.4 is 16.6 Å². The smallest absolute Gasteiger partial charge is 0.260 e.